The zero-order chi connectivity index (χ0) is 26.5. The number of hydrogen-bond donors (Lipinski definition) is 0. The number of hydrogen-bond acceptors (Lipinski definition) is 3. The molecule has 3 heterocycles. The molecule has 3 aliphatic rings. The summed E-state index contributed by atoms with van der Waals surface area (Å²) >= 11 is 0. The van der Waals surface area contributed by atoms with Crippen LogP contribution in [0, 0.1) is 11.8 Å². The second-order valence-corrected chi connectivity index (χ2v) is 16.6. The van der Waals surface area contributed by atoms with Gasteiger partial charge in [-0.3, -0.25) is 14.5 Å². The monoisotopic (exact) mass is 534 g/mol. The zero-order valence-electron chi connectivity index (χ0n) is 24.4. The minimum atomic E-state index is -0.702. The first-order chi connectivity index (χ1) is 18.1. The van der Waals surface area contributed by atoms with Gasteiger partial charge in [0.2, 0.25) is 11.8 Å². The van der Waals surface area contributed by atoms with Gasteiger partial charge in [-0.1, -0.05) is 97.1 Å². The number of imide groups is 1. The molecule has 0 aromatic carbocycles. The van der Waals surface area contributed by atoms with Crippen molar-refractivity contribution in [3.8, 4) is 0 Å². The molecule has 0 aromatic heterocycles. The molecular weight excluding hydrogens is 477 g/mol. The number of rotatable bonds is 22. The van der Waals surface area contributed by atoms with Crippen LogP contribution in [0.15, 0.2) is 12.2 Å². The molecule has 2 bridgehead atoms. The molecule has 0 saturated carbocycles. The Morgan fingerprint density at radius 1 is 0.595 bits per heavy atom. The molecule has 37 heavy (non-hydrogen) atoms. The van der Waals surface area contributed by atoms with Gasteiger partial charge in [0.05, 0.1) is 48.7 Å². The van der Waals surface area contributed by atoms with E-state index in [9.17, 15) is 9.59 Å². The number of likely N-dealkylation sites (tertiary alicyclic amines) is 1. The molecule has 0 radical (unpaired) electrons. The van der Waals surface area contributed by atoms with E-state index in [-0.39, 0.29) is 35.9 Å². The highest BCUT2D eigenvalue weighted by atomic mass is 31.2. The summed E-state index contributed by atoms with van der Waals surface area (Å²) < 4.78 is 5.72. The Balaban J connectivity index is 1.19. The largest absolute Gasteiger partial charge is 0.365 e. The SMILES string of the molecule is CCCC[P+](CCCC)(CCCC)CCCCCCCCCCCCN1C(=O)C2C3C=CC(O3)C2C1=O. The Hall–Kier alpha value is -0.730. The number of ether oxygens (including phenoxy) is 1. The van der Waals surface area contributed by atoms with Gasteiger partial charge in [-0.25, -0.2) is 0 Å². The zero-order valence-corrected chi connectivity index (χ0v) is 25.3. The predicted octanol–water partition coefficient (Wildman–Crippen LogP) is 8.24. The number of unbranched alkanes of at least 4 members (excludes halogenated alkanes) is 12. The molecule has 0 N–H and O–H groups in total. The van der Waals surface area contributed by atoms with Crippen LogP contribution in [0.4, 0.5) is 0 Å². The van der Waals surface area contributed by atoms with Crippen LogP contribution >= 0.6 is 7.26 Å². The Morgan fingerprint density at radius 3 is 1.41 bits per heavy atom. The fourth-order valence-electron chi connectivity index (χ4n) is 6.87. The van der Waals surface area contributed by atoms with Gasteiger partial charge in [0, 0.05) is 13.8 Å². The third-order valence-corrected chi connectivity index (χ3v) is 14.3. The Morgan fingerprint density at radius 2 is 0.973 bits per heavy atom. The molecule has 5 heteroatoms. The van der Waals surface area contributed by atoms with Crippen LogP contribution in [-0.2, 0) is 14.3 Å². The van der Waals surface area contributed by atoms with Crippen LogP contribution in [0.25, 0.3) is 0 Å². The molecule has 3 aliphatic heterocycles. The van der Waals surface area contributed by atoms with Crippen molar-refractivity contribution in [1.82, 2.24) is 4.90 Å². The van der Waals surface area contributed by atoms with Gasteiger partial charge < -0.3 is 4.74 Å². The van der Waals surface area contributed by atoms with E-state index in [4.69, 9.17) is 4.74 Å². The van der Waals surface area contributed by atoms with Crippen molar-refractivity contribution >= 4 is 19.1 Å². The van der Waals surface area contributed by atoms with Crippen LogP contribution in [0.1, 0.15) is 124 Å². The second-order valence-electron chi connectivity index (χ2n) is 12.2. The Labute approximate surface area is 229 Å². The topological polar surface area (TPSA) is 46.6 Å². The van der Waals surface area contributed by atoms with Crippen molar-refractivity contribution < 1.29 is 14.3 Å². The minimum absolute atomic E-state index is 0.00677. The molecule has 2 amide bonds. The van der Waals surface area contributed by atoms with Gasteiger partial charge in [-0.15, -0.1) is 0 Å². The summed E-state index contributed by atoms with van der Waals surface area (Å²) in [5, 5.41) is 0. The number of nitrogens with zero attached hydrogens (tertiary/aromatic N) is 1. The molecule has 0 aliphatic carbocycles. The standard InChI is InChI=1S/C32H57NO3P/c1-4-7-23-37(24-8-5-2,25-9-6-3)26-19-17-15-13-11-10-12-14-16-18-22-33-31(34)29-27-20-21-28(36-27)30(29)32(33)35/h20-21,27-30H,4-19,22-26H2,1-3H3/q+1. The Bertz CT molecular complexity index is 671. The lowest BCUT2D eigenvalue weighted by atomic mass is 9.85. The highest BCUT2D eigenvalue weighted by molar-refractivity contribution is 7.75. The van der Waals surface area contributed by atoms with Crippen molar-refractivity contribution in [3.63, 3.8) is 0 Å². The highest BCUT2D eigenvalue weighted by Crippen LogP contribution is 2.61. The lowest BCUT2D eigenvalue weighted by Gasteiger charge is -2.28. The van der Waals surface area contributed by atoms with Gasteiger partial charge in [0.25, 0.3) is 0 Å². The summed E-state index contributed by atoms with van der Waals surface area (Å²) in [6.07, 6.45) is 31.3. The van der Waals surface area contributed by atoms with Gasteiger partial charge >= 0.3 is 0 Å². The van der Waals surface area contributed by atoms with E-state index in [1.54, 1.807) is 24.6 Å². The van der Waals surface area contributed by atoms with Gasteiger partial charge in [0.15, 0.2) is 0 Å². The first kappa shape index (κ1) is 30.8. The fraction of sp³-hybridized carbons (Fsp3) is 0.875. The van der Waals surface area contributed by atoms with Crippen LogP contribution in [-0.4, -0.2) is 60.1 Å². The normalized spacial score (nSPS) is 24.6. The molecule has 0 spiro atoms. The number of carbonyl (C=O) groups excluding carboxylic acids is 2. The van der Waals surface area contributed by atoms with Gasteiger partial charge in [0.1, 0.15) is 0 Å². The smallest absolute Gasteiger partial charge is 0.236 e. The van der Waals surface area contributed by atoms with Crippen LogP contribution in [0.3, 0.4) is 0 Å². The lowest BCUT2D eigenvalue weighted by molar-refractivity contribution is -0.142. The maximum Gasteiger partial charge on any atom is 0.236 e. The van der Waals surface area contributed by atoms with E-state index in [2.05, 4.69) is 20.8 Å². The summed E-state index contributed by atoms with van der Waals surface area (Å²) in [4.78, 5) is 26.9. The molecule has 2 saturated heterocycles. The summed E-state index contributed by atoms with van der Waals surface area (Å²) in [5.41, 5.74) is 0. The van der Waals surface area contributed by atoms with Crippen molar-refractivity contribution in [2.24, 2.45) is 11.8 Å². The van der Waals surface area contributed by atoms with E-state index in [0.717, 1.165) is 12.8 Å². The first-order valence-corrected chi connectivity index (χ1v) is 18.6. The summed E-state index contributed by atoms with van der Waals surface area (Å²) in [6, 6.07) is 0. The molecule has 212 valence electrons. The van der Waals surface area contributed by atoms with Crippen LogP contribution in [0.5, 0.6) is 0 Å². The number of fused-ring (bicyclic) bond motifs is 5. The van der Waals surface area contributed by atoms with Crippen molar-refractivity contribution in [2.75, 3.05) is 31.2 Å². The van der Waals surface area contributed by atoms with E-state index < -0.39 is 7.26 Å². The first-order valence-electron chi connectivity index (χ1n) is 16.1. The maximum atomic E-state index is 12.7. The van der Waals surface area contributed by atoms with E-state index in [1.165, 1.54) is 94.8 Å². The number of amides is 2. The third-order valence-electron chi connectivity index (χ3n) is 9.22. The van der Waals surface area contributed by atoms with Crippen molar-refractivity contribution in [3.05, 3.63) is 12.2 Å². The van der Waals surface area contributed by atoms with E-state index in [0.29, 0.717) is 6.54 Å². The van der Waals surface area contributed by atoms with Crippen molar-refractivity contribution in [2.45, 2.75) is 136 Å². The van der Waals surface area contributed by atoms with Crippen LogP contribution < -0.4 is 0 Å². The molecule has 3 rings (SSSR count). The lowest BCUT2D eigenvalue weighted by Crippen LogP contribution is -2.35. The molecule has 4 atom stereocenters. The molecule has 0 aromatic rings. The molecule has 4 nitrogen and oxygen atoms in total. The maximum absolute atomic E-state index is 12.7. The second kappa shape index (κ2) is 16.4. The predicted molar refractivity (Wildman–Crippen MR) is 159 cm³/mol. The van der Waals surface area contributed by atoms with Crippen LogP contribution in [0.2, 0.25) is 0 Å². The summed E-state index contributed by atoms with van der Waals surface area (Å²) in [5.74, 6) is -0.478. The molecule has 4 unspecified atom stereocenters. The fourth-order valence-corrected chi connectivity index (χ4v) is 12.1. The Kier molecular flexibility index (Phi) is 13.6. The van der Waals surface area contributed by atoms with E-state index in [1.807, 2.05) is 12.2 Å². The average molecular weight is 535 g/mol. The third kappa shape index (κ3) is 8.63. The summed E-state index contributed by atoms with van der Waals surface area (Å²) in [6.45, 7) is 7.70. The highest BCUT2D eigenvalue weighted by Gasteiger charge is 2.60. The minimum Gasteiger partial charge on any atom is -0.365 e. The average Bonchev–Trinajstić information content (AvgIpc) is 3.59. The molecular formula is C32H57NO3P+. The number of carbonyl (C=O) groups is 2. The summed E-state index contributed by atoms with van der Waals surface area (Å²) in [7, 11) is -0.702. The van der Waals surface area contributed by atoms with Gasteiger partial charge in [-0.2, -0.15) is 0 Å². The van der Waals surface area contributed by atoms with E-state index >= 15 is 0 Å². The quantitative estimate of drug-likeness (QED) is 0.0608. The van der Waals surface area contributed by atoms with Crippen molar-refractivity contribution in [1.29, 1.82) is 0 Å². The van der Waals surface area contributed by atoms with Gasteiger partial charge in [-0.05, 0) is 38.5 Å². The molecule has 2 fully saturated rings.